The highest BCUT2D eigenvalue weighted by atomic mass is 16.6. The van der Waals surface area contributed by atoms with Gasteiger partial charge in [-0.15, -0.1) is 0 Å². The first-order chi connectivity index (χ1) is 13.1. The first-order valence-corrected chi connectivity index (χ1v) is 8.60. The van der Waals surface area contributed by atoms with Gasteiger partial charge < -0.3 is 20.1 Å². The highest BCUT2D eigenvalue weighted by Crippen LogP contribution is 2.30. The first-order valence-electron chi connectivity index (χ1n) is 8.60. The predicted octanol–water partition coefficient (Wildman–Crippen LogP) is 2.28. The van der Waals surface area contributed by atoms with Crippen molar-refractivity contribution in [2.75, 3.05) is 32.1 Å². The third-order valence-corrected chi connectivity index (χ3v) is 3.50. The van der Waals surface area contributed by atoms with Crippen LogP contribution in [0.3, 0.4) is 0 Å². The molecule has 0 aliphatic carbocycles. The summed E-state index contributed by atoms with van der Waals surface area (Å²) in [6.45, 7) is 5.95. The number of hydrogen-bond donors (Lipinski definition) is 2. The van der Waals surface area contributed by atoms with Gasteiger partial charge in [-0.2, -0.15) is 5.10 Å². The van der Waals surface area contributed by atoms with Gasteiger partial charge in [-0.1, -0.05) is 0 Å². The van der Waals surface area contributed by atoms with Crippen LogP contribution in [0, 0.1) is 10.1 Å². The Balaban J connectivity index is 2.03. The zero-order valence-electron chi connectivity index (χ0n) is 15.6. The molecular weight excluding hydrogens is 352 g/mol. The van der Waals surface area contributed by atoms with E-state index in [2.05, 4.69) is 20.7 Å². The molecule has 0 saturated heterocycles. The zero-order chi connectivity index (χ0) is 19.6. The fraction of sp³-hybridized carbons (Fsp3) is 0.412. The monoisotopic (exact) mass is 376 g/mol. The van der Waals surface area contributed by atoms with Crippen molar-refractivity contribution >= 4 is 17.3 Å². The fourth-order valence-electron chi connectivity index (χ4n) is 2.30. The van der Waals surface area contributed by atoms with Gasteiger partial charge in [0.05, 0.1) is 31.7 Å². The number of nitrogens with one attached hydrogen (secondary N) is 2. The number of benzene rings is 1. The van der Waals surface area contributed by atoms with Crippen molar-refractivity contribution in [2.45, 2.75) is 20.4 Å². The standard InChI is InChI=1S/C17H24N6O4/c1-4-18-17(19-8-9-22-12-14(11-20-22)23(24)25)21-13-6-7-15(27-5-2)16(10-13)26-3/h6-7,10-12H,4-5,8-9H2,1-3H3,(H2,18,19,21). The summed E-state index contributed by atoms with van der Waals surface area (Å²) in [5.74, 6) is 1.89. The van der Waals surface area contributed by atoms with E-state index in [-0.39, 0.29) is 5.69 Å². The number of nitrogens with zero attached hydrogens (tertiary/aromatic N) is 4. The van der Waals surface area contributed by atoms with Gasteiger partial charge in [-0.05, 0) is 26.0 Å². The van der Waals surface area contributed by atoms with Crippen molar-refractivity contribution in [3.05, 3.63) is 40.7 Å². The topological polar surface area (TPSA) is 116 Å². The molecule has 0 fully saturated rings. The quantitative estimate of drug-likeness (QED) is 0.298. The summed E-state index contributed by atoms with van der Waals surface area (Å²) in [6.07, 6.45) is 2.60. The second kappa shape index (κ2) is 10.00. The van der Waals surface area contributed by atoms with Crippen LogP contribution in [0.15, 0.2) is 35.6 Å². The van der Waals surface area contributed by atoms with Gasteiger partial charge in [0, 0.05) is 18.3 Å². The van der Waals surface area contributed by atoms with E-state index in [1.165, 1.54) is 17.1 Å². The molecule has 0 unspecified atom stereocenters. The number of aromatic nitrogens is 2. The molecule has 0 amide bonds. The number of guanidine groups is 1. The van der Waals surface area contributed by atoms with Crippen LogP contribution in [0.25, 0.3) is 0 Å². The van der Waals surface area contributed by atoms with Crippen LogP contribution in [-0.4, -0.2) is 47.5 Å². The van der Waals surface area contributed by atoms with Crippen molar-refractivity contribution in [3.63, 3.8) is 0 Å². The summed E-state index contributed by atoms with van der Waals surface area (Å²) in [6, 6.07) is 5.53. The van der Waals surface area contributed by atoms with Gasteiger partial charge in [-0.3, -0.25) is 19.8 Å². The number of anilines is 1. The molecule has 2 aromatic rings. The third-order valence-electron chi connectivity index (χ3n) is 3.50. The smallest absolute Gasteiger partial charge is 0.306 e. The van der Waals surface area contributed by atoms with E-state index in [1.807, 2.05) is 32.0 Å². The molecule has 0 aliphatic rings. The lowest BCUT2D eigenvalue weighted by Gasteiger charge is -2.14. The second-order valence-electron chi connectivity index (χ2n) is 5.40. The molecule has 0 spiro atoms. The van der Waals surface area contributed by atoms with Gasteiger partial charge in [0.2, 0.25) is 0 Å². The van der Waals surface area contributed by atoms with Crippen LogP contribution in [0.4, 0.5) is 11.4 Å². The number of aliphatic imine (C=N–C) groups is 1. The van der Waals surface area contributed by atoms with Crippen molar-refractivity contribution in [3.8, 4) is 11.5 Å². The average Bonchev–Trinajstić information content (AvgIpc) is 3.12. The van der Waals surface area contributed by atoms with Gasteiger partial charge in [-0.25, -0.2) is 0 Å². The SMILES string of the molecule is CCNC(=NCCn1cc([N+](=O)[O-])cn1)Nc1ccc(OCC)c(OC)c1. The van der Waals surface area contributed by atoms with E-state index in [9.17, 15) is 10.1 Å². The molecule has 2 rings (SSSR count). The summed E-state index contributed by atoms with van der Waals surface area (Å²) >= 11 is 0. The molecule has 1 heterocycles. The highest BCUT2D eigenvalue weighted by molar-refractivity contribution is 5.93. The van der Waals surface area contributed by atoms with E-state index in [1.54, 1.807) is 7.11 Å². The first kappa shape index (κ1) is 20.0. The number of nitro groups is 1. The zero-order valence-corrected chi connectivity index (χ0v) is 15.6. The van der Waals surface area contributed by atoms with E-state index in [0.29, 0.717) is 43.7 Å². The van der Waals surface area contributed by atoms with Gasteiger partial charge in [0.25, 0.3) is 0 Å². The molecule has 1 aromatic heterocycles. The largest absolute Gasteiger partial charge is 0.493 e. The molecule has 0 bridgehead atoms. The molecule has 146 valence electrons. The summed E-state index contributed by atoms with van der Waals surface area (Å²) in [7, 11) is 1.59. The maximum Gasteiger partial charge on any atom is 0.306 e. The fourth-order valence-corrected chi connectivity index (χ4v) is 2.30. The lowest BCUT2D eigenvalue weighted by atomic mass is 10.2. The molecule has 0 radical (unpaired) electrons. The van der Waals surface area contributed by atoms with Crippen LogP contribution < -0.4 is 20.1 Å². The van der Waals surface area contributed by atoms with Gasteiger partial charge in [0.15, 0.2) is 17.5 Å². The Hall–Kier alpha value is -3.30. The van der Waals surface area contributed by atoms with E-state index >= 15 is 0 Å². The van der Waals surface area contributed by atoms with Crippen LogP contribution in [0.1, 0.15) is 13.8 Å². The third kappa shape index (κ3) is 5.87. The minimum absolute atomic E-state index is 0.0366. The molecule has 27 heavy (non-hydrogen) atoms. The van der Waals surface area contributed by atoms with Crippen LogP contribution >= 0.6 is 0 Å². The van der Waals surface area contributed by atoms with Crippen LogP contribution in [0.2, 0.25) is 0 Å². The summed E-state index contributed by atoms with van der Waals surface area (Å²) in [4.78, 5) is 14.7. The van der Waals surface area contributed by atoms with Gasteiger partial charge >= 0.3 is 5.69 Å². The predicted molar refractivity (Wildman–Crippen MR) is 103 cm³/mol. The van der Waals surface area contributed by atoms with E-state index in [0.717, 1.165) is 5.69 Å². The minimum atomic E-state index is -0.475. The molecule has 1 aromatic carbocycles. The number of ether oxygens (including phenoxy) is 2. The second-order valence-corrected chi connectivity index (χ2v) is 5.40. The number of hydrogen-bond acceptors (Lipinski definition) is 6. The minimum Gasteiger partial charge on any atom is -0.493 e. The van der Waals surface area contributed by atoms with E-state index in [4.69, 9.17) is 9.47 Å². The average molecular weight is 376 g/mol. The molecule has 0 aliphatic heterocycles. The number of rotatable bonds is 9. The molecule has 0 atom stereocenters. The lowest BCUT2D eigenvalue weighted by molar-refractivity contribution is -0.385. The Morgan fingerprint density at radius 2 is 2.19 bits per heavy atom. The van der Waals surface area contributed by atoms with Gasteiger partial charge in [0.1, 0.15) is 12.4 Å². The Labute approximate surface area is 157 Å². The van der Waals surface area contributed by atoms with Crippen LogP contribution in [-0.2, 0) is 6.54 Å². The van der Waals surface area contributed by atoms with Crippen molar-refractivity contribution in [1.82, 2.24) is 15.1 Å². The van der Waals surface area contributed by atoms with Crippen molar-refractivity contribution in [1.29, 1.82) is 0 Å². The Kier molecular flexibility index (Phi) is 7.41. The maximum absolute atomic E-state index is 10.7. The highest BCUT2D eigenvalue weighted by Gasteiger charge is 2.09. The summed E-state index contributed by atoms with van der Waals surface area (Å²) < 4.78 is 12.4. The van der Waals surface area contributed by atoms with Crippen molar-refractivity contribution < 1.29 is 14.4 Å². The Morgan fingerprint density at radius 3 is 2.81 bits per heavy atom. The molecular formula is C17H24N6O4. The summed E-state index contributed by atoms with van der Waals surface area (Å²) in [5, 5.41) is 21.0. The van der Waals surface area contributed by atoms with Crippen LogP contribution in [0.5, 0.6) is 11.5 Å². The Morgan fingerprint density at radius 1 is 1.37 bits per heavy atom. The maximum atomic E-state index is 10.7. The molecule has 0 saturated carbocycles. The number of methoxy groups -OCH3 is 1. The van der Waals surface area contributed by atoms with E-state index < -0.39 is 4.92 Å². The lowest BCUT2D eigenvalue weighted by Crippen LogP contribution is -2.31. The Bertz CT molecular complexity index is 789. The summed E-state index contributed by atoms with van der Waals surface area (Å²) in [5.41, 5.74) is 0.759. The molecule has 2 N–H and O–H groups in total. The molecule has 10 nitrogen and oxygen atoms in total. The molecule has 10 heteroatoms. The normalized spacial score (nSPS) is 11.1. The van der Waals surface area contributed by atoms with Crippen molar-refractivity contribution in [2.24, 2.45) is 4.99 Å².